The molecule has 1 fully saturated rings. The largest absolute Gasteiger partial charge is 0.395 e. The molecular formula is C17H19N3O5S. The molecule has 138 valence electrons. The van der Waals surface area contributed by atoms with E-state index < -0.39 is 11.2 Å². The number of thioether (sulfide) groups is 1. The van der Waals surface area contributed by atoms with Crippen molar-refractivity contribution in [3.63, 3.8) is 0 Å². The molecule has 2 rings (SSSR count). The first kappa shape index (κ1) is 19.8. The van der Waals surface area contributed by atoms with Gasteiger partial charge in [-0.15, -0.1) is 0 Å². The Morgan fingerprint density at radius 1 is 1.42 bits per heavy atom. The SMILES string of the molecule is C\C=C(/N=C(C)\C=C1/SC(=O)N(CCO)C1O)c1ccc([N+](=O)[O-])cc1. The molecule has 0 bridgehead atoms. The summed E-state index contributed by atoms with van der Waals surface area (Å²) in [6, 6.07) is 6.04. The number of β-amino-alcohol motifs (C(OH)–C–C–N with tert-alkyl or cyclic N) is 1. The Morgan fingerprint density at radius 3 is 2.62 bits per heavy atom. The van der Waals surface area contributed by atoms with Crippen molar-refractivity contribution in [1.82, 2.24) is 4.90 Å². The number of rotatable bonds is 6. The lowest BCUT2D eigenvalue weighted by Crippen LogP contribution is -2.34. The van der Waals surface area contributed by atoms with Crippen LogP contribution in [0.2, 0.25) is 0 Å². The summed E-state index contributed by atoms with van der Waals surface area (Å²) in [6.45, 7) is 3.36. The van der Waals surface area contributed by atoms with Crippen LogP contribution in [-0.4, -0.2) is 50.4 Å². The molecule has 1 atom stereocenters. The minimum absolute atomic E-state index is 0.0000114. The Kier molecular flexibility index (Phi) is 6.67. The average Bonchev–Trinajstić information content (AvgIpc) is 2.87. The van der Waals surface area contributed by atoms with E-state index in [4.69, 9.17) is 5.11 Å². The fraction of sp³-hybridized carbons (Fsp3) is 0.294. The van der Waals surface area contributed by atoms with Crippen molar-refractivity contribution in [3.8, 4) is 0 Å². The van der Waals surface area contributed by atoms with Gasteiger partial charge in [0.05, 0.1) is 17.2 Å². The lowest BCUT2D eigenvalue weighted by Gasteiger charge is -2.17. The van der Waals surface area contributed by atoms with Crippen LogP contribution < -0.4 is 0 Å². The number of carbonyl (C=O) groups is 1. The highest BCUT2D eigenvalue weighted by Crippen LogP contribution is 2.33. The van der Waals surface area contributed by atoms with Gasteiger partial charge in [-0.25, -0.2) is 0 Å². The van der Waals surface area contributed by atoms with Crippen LogP contribution in [0, 0.1) is 10.1 Å². The number of aliphatic hydroxyl groups excluding tert-OH is 2. The Bertz CT molecular complexity index is 786. The standard InChI is InChI=1S/C17H19N3O5S/c1-3-14(12-4-6-13(7-5-12)20(24)25)18-11(2)10-15-16(22)19(8-9-21)17(23)26-15/h3-7,10,16,21-22H,8-9H2,1-2H3/b14-3-,15-10-,18-11-. The maximum absolute atomic E-state index is 11.8. The van der Waals surface area contributed by atoms with E-state index in [1.165, 1.54) is 17.0 Å². The van der Waals surface area contributed by atoms with E-state index >= 15 is 0 Å². The molecule has 9 heteroatoms. The molecule has 1 aromatic rings. The fourth-order valence-corrected chi connectivity index (χ4v) is 3.34. The Morgan fingerprint density at radius 2 is 2.08 bits per heavy atom. The number of non-ortho nitro benzene ring substituents is 1. The summed E-state index contributed by atoms with van der Waals surface area (Å²) in [5, 5.41) is 29.5. The molecule has 0 spiro atoms. The summed E-state index contributed by atoms with van der Waals surface area (Å²) >= 11 is 0.897. The van der Waals surface area contributed by atoms with Crippen LogP contribution in [-0.2, 0) is 0 Å². The van der Waals surface area contributed by atoms with Gasteiger partial charge in [-0.1, -0.05) is 6.08 Å². The quantitative estimate of drug-likeness (QED) is 0.447. The van der Waals surface area contributed by atoms with Gasteiger partial charge in [0.15, 0.2) is 6.23 Å². The van der Waals surface area contributed by atoms with Gasteiger partial charge in [0.25, 0.3) is 10.9 Å². The molecule has 0 aromatic heterocycles. The average molecular weight is 377 g/mol. The van der Waals surface area contributed by atoms with E-state index in [9.17, 15) is 20.0 Å². The molecule has 8 nitrogen and oxygen atoms in total. The topological polar surface area (TPSA) is 116 Å². The van der Waals surface area contributed by atoms with Crippen LogP contribution >= 0.6 is 11.8 Å². The summed E-state index contributed by atoms with van der Waals surface area (Å²) in [4.78, 5) is 28.2. The van der Waals surface area contributed by atoms with Crippen LogP contribution in [0.15, 0.2) is 46.3 Å². The second-order valence-corrected chi connectivity index (χ2v) is 6.46. The molecule has 1 heterocycles. The fourth-order valence-electron chi connectivity index (χ4n) is 2.37. The number of benzene rings is 1. The second kappa shape index (κ2) is 8.75. The third kappa shape index (κ3) is 4.57. The summed E-state index contributed by atoms with van der Waals surface area (Å²) in [5.41, 5.74) is 1.90. The first-order valence-corrected chi connectivity index (χ1v) is 8.64. The van der Waals surface area contributed by atoms with Gasteiger partial charge in [0, 0.05) is 34.9 Å². The molecule has 1 amide bonds. The van der Waals surface area contributed by atoms with Crippen molar-refractivity contribution in [2.75, 3.05) is 13.2 Å². The first-order chi connectivity index (χ1) is 12.4. The smallest absolute Gasteiger partial charge is 0.288 e. The molecule has 0 aliphatic carbocycles. The maximum Gasteiger partial charge on any atom is 0.288 e. The molecule has 1 saturated heterocycles. The van der Waals surface area contributed by atoms with Crippen molar-refractivity contribution in [2.45, 2.75) is 20.1 Å². The third-order valence-electron chi connectivity index (χ3n) is 3.63. The van der Waals surface area contributed by atoms with Gasteiger partial charge in [-0.05, 0) is 43.8 Å². The highest BCUT2D eigenvalue weighted by atomic mass is 32.2. The van der Waals surface area contributed by atoms with Crippen molar-refractivity contribution in [3.05, 3.63) is 57.0 Å². The zero-order valence-corrected chi connectivity index (χ0v) is 15.1. The lowest BCUT2D eigenvalue weighted by molar-refractivity contribution is -0.384. The van der Waals surface area contributed by atoms with E-state index in [-0.39, 0.29) is 24.1 Å². The Hall–Kier alpha value is -2.49. The van der Waals surface area contributed by atoms with Crippen LogP contribution in [0.3, 0.4) is 0 Å². The van der Waals surface area contributed by atoms with Gasteiger partial charge in [-0.2, -0.15) is 0 Å². The number of nitrogens with zero attached hydrogens (tertiary/aromatic N) is 3. The minimum atomic E-state index is -1.10. The summed E-state index contributed by atoms with van der Waals surface area (Å²) in [7, 11) is 0. The third-order valence-corrected chi connectivity index (χ3v) is 4.60. The molecule has 26 heavy (non-hydrogen) atoms. The van der Waals surface area contributed by atoms with Gasteiger partial charge < -0.3 is 15.1 Å². The number of amides is 1. The van der Waals surface area contributed by atoms with E-state index in [1.807, 2.05) is 0 Å². The van der Waals surface area contributed by atoms with Gasteiger partial charge in [0.1, 0.15) is 0 Å². The van der Waals surface area contributed by atoms with Crippen molar-refractivity contribution in [2.24, 2.45) is 4.99 Å². The van der Waals surface area contributed by atoms with Crippen LogP contribution in [0.25, 0.3) is 5.70 Å². The van der Waals surface area contributed by atoms with Crippen molar-refractivity contribution < 1.29 is 19.9 Å². The number of aliphatic imine (C=N–C) groups is 1. The van der Waals surface area contributed by atoms with Gasteiger partial charge in [-0.3, -0.25) is 19.9 Å². The minimum Gasteiger partial charge on any atom is -0.395 e. The molecule has 2 N–H and O–H groups in total. The number of hydrogen-bond donors (Lipinski definition) is 2. The predicted octanol–water partition coefficient (Wildman–Crippen LogP) is 2.78. The van der Waals surface area contributed by atoms with Crippen molar-refractivity contribution in [1.29, 1.82) is 0 Å². The number of aliphatic hydroxyl groups is 2. The maximum atomic E-state index is 11.8. The highest BCUT2D eigenvalue weighted by Gasteiger charge is 2.34. The van der Waals surface area contributed by atoms with E-state index in [0.29, 0.717) is 21.9 Å². The van der Waals surface area contributed by atoms with Gasteiger partial charge >= 0.3 is 0 Å². The number of allylic oxidation sites excluding steroid dienone is 2. The van der Waals surface area contributed by atoms with Gasteiger partial charge in [0.2, 0.25) is 0 Å². The molecule has 0 saturated carbocycles. The number of nitro benzene ring substituents is 1. The van der Waals surface area contributed by atoms with Crippen LogP contribution in [0.1, 0.15) is 19.4 Å². The number of carbonyl (C=O) groups excluding carboxylic acids is 1. The Balaban J connectivity index is 2.21. The van der Waals surface area contributed by atoms with Crippen LogP contribution in [0.4, 0.5) is 10.5 Å². The monoisotopic (exact) mass is 377 g/mol. The molecule has 1 aliphatic rings. The summed E-state index contributed by atoms with van der Waals surface area (Å²) in [5.74, 6) is 0. The number of hydrogen-bond acceptors (Lipinski definition) is 7. The molecule has 1 aromatic carbocycles. The zero-order chi connectivity index (χ0) is 19.3. The number of nitro groups is 1. The molecule has 1 unspecified atom stereocenters. The lowest BCUT2D eigenvalue weighted by atomic mass is 10.1. The van der Waals surface area contributed by atoms with Crippen molar-refractivity contribution >= 4 is 34.1 Å². The summed E-state index contributed by atoms with van der Waals surface area (Å²) in [6.07, 6.45) is 2.28. The highest BCUT2D eigenvalue weighted by molar-refractivity contribution is 8.17. The van der Waals surface area contributed by atoms with E-state index in [0.717, 1.165) is 11.8 Å². The molecular weight excluding hydrogens is 358 g/mol. The normalized spacial score (nSPS) is 20.2. The summed E-state index contributed by atoms with van der Waals surface area (Å²) < 4.78 is 0. The molecule has 1 aliphatic heterocycles. The first-order valence-electron chi connectivity index (χ1n) is 7.82. The molecule has 0 radical (unpaired) electrons. The predicted molar refractivity (Wildman–Crippen MR) is 101 cm³/mol. The van der Waals surface area contributed by atoms with Crippen LogP contribution in [0.5, 0.6) is 0 Å². The Labute approximate surface area is 154 Å². The second-order valence-electron chi connectivity index (χ2n) is 5.44. The van der Waals surface area contributed by atoms with E-state index in [2.05, 4.69) is 4.99 Å². The zero-order valence-electron chi connectivity index (χ0n) is 14.3. The van der Waals surface area contributed by atoms with E-state index in [1.54, 1.807) is 38.1 Å².